The Balaban J connectivity index is 2.00. The Bertz CT molecular complexity index is 935. The third kappa shape index (κ3) is 4.86. The Morgan fingerprint density at radius 3 is 2.37 bits per heavy atom. The Labute approximate surface area is 185 Å². The number of aliphatic hydroxyl groups is 4. The second-order valence-electron chi connectivity index (χ2n) is 7.53. The first kappa shape index (κ1) is 19.2. The molecule has 2 aromatic rings. The van der Waals surface area contributed by atoms with Crippen LogP contribution in [0, 0.1) is 0 Å². The first-order chi connectivity index (χ1) is 15.5. The van der Waals surface area contributed by atoms with Gasteiger partial charge in [0.25, 0.3) is 0 Å². The minimum Gasteiger partial charge on any atom is -0.394 e. The predicted molar refractivity (Wildman–Crippen MR) is 114 cm³/mol. The normalized spacial score (nSPS) is 28.6. The molecule has 1 heterocycles. The Morgan fingerprint density at radius 2 is 1.73 bits per heavy atom. The average molecular weight is 440 g/mol. The monoisotopic (exact) mass is 439 g/mol. The standard InChI is InChI=1S/C23H29ClO6/c1-3-13-4-6-14(7-5-13)8-15-9-17(16(12-29-2)10-18(15)24)23-22(28)21(27)20(26)19(11-25)30-23/h4-7,9-10,19-23,25-28H,3,8,11-12H2,1-2H3/t19-,20-,21+,22-,23+/m1/s1/i2D3. The largest absolute Gasteiger partial charge is 0.394 e. The van der Waals surface area contributed by atoms with Crippen molar-refractivity contribution in [3.63, 3.8) is 0 Å². The highest BCUT2D eigenvalue weighted by Gasteiger charge is 2.44. The molecule has 5 atom stereocenters. The lowest BCUT2D eigenvalue weighted by Crippen LogP contribution is -2.55. The zero-order chi connectivity index (χ0) is 24.3. The predicted octanol–water partition coefficient (Wildman–Crippen LogP) is 2.15. The Kier molecular flexibility index (Phi) is 6.53. The third-order valence-corrected chi connectivity index (χ3v) is 5.91. The van der Waals surface area contributed by atoms with Crippen LogP contribution >= 0.6 is 11.6 Å². The summed E-state index contributed by atoms with van der Waals surface area (Å²) in [5.74, 6) is 0. The summed E-state index contributed by atoms with van der Waals surface area (Å²) in [5, 5.41) is 40.9. The van der Waals surface area contributed by atoms with Crippen LogP contribution in [-0.2, 0) is 28.9 Å². The van der Waals surface area contributed by atoms with Crippen LogP contribution in [0.3, 0.4) is 0 Å². The van der Waals surface area contributed by atoms with Gasteiger partial charge < -0.3 is 29.9 Å². The number of aliphatic hydroxyl groups excluding tert-OH is 4. The van der Waals surface area contributed by atoms with Gasteiger partial charge in [0.15, 0.2) is 0 Å². The highest BCUT2D eigenvalue weighted by molar-refractivity contribution is 6.31. The SMILES string of the molecule is [2H]C([2H])([2H])OCc1cc(Cl)c(Cc2ccc(CC)cc2)cc1[C@@H]1O[C@H](CO)[C@@H](O)[C@H](O)[C@H]1O. The van der Waals surface area contributed by atoms with E-state index in [4.69, 9.17) is 25.2 Å². The van der Waals surface area contributed by atoms with Gasteiger partial charge in [-0.15, -0.1) is 0 Å². The summed E-state index contributed by atoms with van der Waals surface area (Å²) in [5.41, 5.74) is 3.61. The minimum absolute atomic E-state index is 0.341. The summed E-state index contributed by atoms with van der Waals surface area (Å²) in [6.45, 7) is 1.15. The minimum atomic E-state index is -2.65. The first-order valence-corrected chi connectivity index (χ1v) is 10.2. The number of ether oxygens (including phenoxy) is 2. The van der Waals surface area contributed by atoms with Crippen molar-refractivity contribution in [1.82, 2.24) is 0 Å². The molecule has 1 fully saturated rings. The number of methoxy groups -OCH3 is 1. The van der Waals surface area contributed by atoms with E-state index in [2.05, 4.69) is 6.92 Å². The van der Waals surface area contributed by atoms with Crippen LogP contribution in [0.15, 0.2) is 36.4 Å². The van der Waals surface area contributed by atoms with E-state index in [1.165, 1.54) is 5.56 Å². The maximum absolute atomic E-state index is 10.6. The first-order valence-electron chi connectivity index (χ1n) is 11.4. The molecule has 164 valence electrons. The van der Waals surface area contributed by atoms with Gasteiger partial charge in [0.1, 0.15) is 30.5 Å². The smallest absolute Gasteiger partial charge is 0.113 e. The van der Waals surface area contributed by atoms with Gasteiger partial charge in [0.2, 0.25) is 0 Å². The lowest BCUT2D eigenvalue weighted by atomic mass is 9.87. The number of benzene rings is 2. The van der Waals surface area contributed by atoms with Crippen LogP contribution in [0.25, 0.3) is 0 Å². The summed E-state index contributed by atoms with van der Waals surface area (Å²) in [7, 11) is -2.65. The van der Waals surface area contributed by atoms with Crippen LogP contribution in [-0.4, -0.2) is 58.5 Å². The number of aryl methyl sites for hydroxylation is 1. The van der Waals surface area contributed by atoms with E-state index in [0.29, 0.717) is 28.1 Å². The fourth-order valence-corrected chi connectivity index (χ4v) is 4.01. The Morgan fingerprint density at radius 1 is 1.03 bits per heavy atom. The number of rotatable bonds is 7. The van der Waals surface area contributed by atoms with Crippen LogP contribution in [0.2, 0.25) is 5.02 Å². The van der Waals surface area contributed by atoms with Gasteiger partial charge in [0, 0.05) is 12.1 Å². The van der Waals surface area contributed by atoms with E-state index in [9.17, 15) is 20.4 Å². The lowest BCUT2D eigenvalue weighted by molar-refractivity contribution is -0.232. The van der Waals surface area contributed by atoms with Gasteiger partial charge in [-0.1, -0.05) is 48.9 Å². The molecule has 6 nitrogen and oxygen atoms in total. The van der Waals surface area contributed by atoms with E-state index < -0.39 is 44.2 Å². The molecule has 1 aliphatic heterocycles. The molecule has 30 heavy (non-hydrogen) atoms. The highest BCUT2D eigenvalue weighted by atomic mass is 35.5. The average Bonchev–Trinajstić information content (AvgIpc) is 2.78. The van der Waals surface area contributed by atoms with Gasteiger partial charge >= 0.3 is 0 Å². The molecule has 1 aliphatic rings. The third-order valence-electron chi connectivity index (χ3n) is 5.56. The zero-order valence-electron chi connectivity index (χ0n) is 19.7. The second kappa shape index (κ2) is 10.2. The molecule has 0 spiro atoms. The molecule has 0 unspecified atom stereocenters. The van der Waals surface area contributed by atoms with Gasteiger partial charge in [-0.05, 0) is 46.7 Å². The van der Waals surface area contributed by atoms with Crippen molar-refractivity contribution in [2.45, 2.75) is 56.9 Å². The molecule has 0 saturated carbocycles. The van der Waals surface area contributed by atoms with Crippen molar-refractivity contribution >= 4 is 11.6 Å². The Hall–Kier alpha value is -1.51. The van der Waals surface area contributed by atoms with Gasteiger partial charge in [-0.3, -0.25) is 0 Å². The van der Waals surface area contributed by atoms with Crippen molar-refractivity contribution in [2.75, 3.05) is 13.6 Å². The summed E-state index contributed by atoms with van der Waals surface area (Å²) >= 11 is 6.51. The topological polar surface area (TPSA) is 99.4 Å². The van der Waals surface area contributed by atoms with Crippen LogP contribution < -0.4 is 0 Å². The van der Waals surface area contributed by atoms with E-state index in [0.717, 1.165) is 12.0 Å². The van der Waals surface area contributed by atoms with E-state index >= 15 is 0 Å². The molecule has 0 amide bonds. The summed E-state index contributed by atoms with van der Waals surface area (Å²) < 4.78 is 32.7. The van der Waals surface area contributed by atoms with Crippen molar-refractivity contribution in [3.05, 3.63) is 69.2 Å². The van der Waals surface area contributed by atoms with Crippen LogP contribution in [0.4, 0.5) is 0 Å². The summed E-state index contributed by atoms with van der Waals surface area (Å²) in [4.78, 5) is 0. The molecule has 1 saturated heterocycles. The fourth-order valence-electron chi connectivity index (χ4n) is 3.75. The van der Waals surface area contributed by atoms with Crippen molar-refractivity contribution in [3.8, 4) is 0 Å². The molecule has 0 radical (unpaired) electrons. The quantitative estimate of drug-likeness (QED) is 0.527. The van der Waals surface area contributed by atoms with Gasteiger partial charge in [0.05, 0.1) is 17.3 Å². The summed E-state index contributed by atoms with van der Waals surface area (Å²) in [6, 6.07) is 11.3. The van der Waals surface area contributed by atoms with E-state index in [1.54, 1.807) is 12.1 Å². The van der Waals surface area contributed by atoms with Crippen LogP contribution in [0.1, 0.15) is 45.0 Å². The molecule has 4 N–H and O–H groups in total. The fraction of sp³-hybridized carbons (Fsp3) is 0.478. The lowest BCUT2D eigenvalue weighted by Gasteiger charge is -2.41. The van der Waals surface area contributed by atoms with E-state index in [1.807, 2.05) is 24.3 Å². The maximum Gasteiger partial charge on any atom is 0.113 e. The van der Waals surface area contributed by atoms with Gasteiger partial charge in [-0.25, -0.2) is 0 Å². The van der Waals surface area contributed by atoms with Crippen molar-refractivity contribution in [2.24, 2.45) is 0 Å². The van der Waals surface area contributed by atoms with Crippen molar-refractivity contribution in [1.29, 1.82) is 0 Å². The molecule has 7 heteroatoms. The summed E-state index contributed by atoms with van der Waals surface area (Å²) in [6.07, 6.45) is -5.47. The molecular weight excluding hydrogens is 408 g/mol. The number of halogens is 1. The number of hydrogen-bond acceptors (Lipinski definition) is 6. The second-order valence-corrected chi connectivity index (χ2v) is 7.93. The molecule has 3 rings (SSSR count). The molecule has 0 bridgehead atoms. The molecule has 0 aliphatic carbocycles. The maximum atomic E-state index is 10.6. The zero-order valence-corrected chi connectivity index (χ0v) is 17.4. The van der Waals surface area contributed by atoms with Gasteiger partial charge in [-0.2, -0.15) is 0 Å². The number of hydrogen-bond donors (Lipinski definition) is 4. The highest BCUT2D eigenvalue weighted by Crippen LogP contribution is 2.37. The molecule has 2 aromatic carbocycles. The van der Waals surface area contributed by atoms with E-state index in [-0.39, 0.29) is 6.61 Å². The molecular formula is C23H29ClO6. The van der Waals surface area contributed by atoms with Crippen LogP contribution in [0.5, 0.6) is 0 Å². The van der Waals surface area contributed by atoms with Crippen molar-refractivity contribution < 1.29 is 34.0 Å². The molecule has 0 aromatic heterocycles.